The summed E-state index contributed by atoms with van der Waals surface area (Å²) in [6.45, 7) is 8.34. The smallest absolute Gasteiger partial charge is 0.357 e. The van der Waals surface area contributed by atoms with E-state index in [4.69, 9.17) is 4.74 Å². The largest absolute Gasteiger partial charge is 0.461 e. The highest BCUT2D eigenvalue weighted by molar-refractivity contribution is 6.01. The van der Waals surface area contributed by atoms with Crippen LogP contribution >= 0.6 is 0 Å². The maximum absolute atomic E-state index is 12.3. The first-order valence-electron chi connectivity index (χ1n) is 7.73. The third-order valence-electron chi connectivity index (χ3n) is 2.99. The number of hydrogen-bond acceptors (Lipinski definition) is 4. The molecular weight excluding hydrogens is 292 g/mol. The Morgan fingerprint density at radius 1 is 1.39 bits per heavy atom. The third-order valence-corrected chi connectivity index (χ3v) is 2.99. The van der Waals surface area contributed by atoms with E-state index >= 15 is 0 Å². The maximum atomic E-state index is 12.3. The van der Waals surface area contributed by atoms with Gasteiger partial charge in [0.15, 0.2) is 11.9 Å². The van der Waals surface area contributed by atoms with E-state index in [1.165, 1.54) is 0 Å². The van der Waals surface area contributed by atoms with E-state index in [1.54, 1.807) is 11.6 Å². The summed E-state index contributed by atoms with van der Waals surface area (Å²) in [5, 5.41) is 4.65. The fraction of sp³-hybridized carbons (Fsp3) is 0.588. The standard InChI is InChI=1S/C17H29N4O2/c1-9-23-16(22)14-10-15(17(2,3)4)18-21(14)13(11-19(5)6)12-20(7)8/h10-12H,9H2,1-8H3/q+1. The number of allylic oxidation sites excluding steroid dienone is 1. The van der Waals surface area contributed by atoms with Gasteiger partial charge in [0.05, 0.1) is 12.3 Å². The molecule has 0 saturated carbocycles. The van der Waals surface area contributed by atoms with Gasteiger partial charge >= 0.3 is 5.97 Å². The topological polar surface area (TPSA) is 50.4 Å². The van der Waals surface area contributed by atoms with Crippen molar-refractivity contribution in [1.29, 1.82) is 0 Å². The normalized spacial score (nSPS) is 12.1. The van der Waals surface area contributed by atoms with Gasteiger partial charge in [-0.05, 0) is 13.0 Å². The van der Waals surface area contributed by atoms with Crippen molar-refractivity contribution in [2.75, 3.05) is 34.8 Å². The van der Waals surface area contributed by atoms with Crippen molar-refractivity contribution < 1.29 is 14.1 Å². The van der Waals surface area contributed by atoms with Crippen molar-refractivity contribution in [1.82, 2.24) is 14.7 Å². The summed E-state index contributed by atoms with van der Waals surface area (Å²) < 4.78 is 8.76. The lowest BCUT2D eigenvalue weighted by Crippen LogP contribution is -2.18. The van der Waals surface area contributed by atoms with E-state index in [0.717, 1.165) is 11.4 Å². The van der Waals surface area contributed by atoms with Crippen LogP contribution in [0.1, 0.15) is 43.9 Å². The Morgan fingerprint density at radius 2 is 2.00 bits per heavy atom. The van der Waals surface area contributed by atoms with E-state index in [9.17, 15) is 4.79 Å². The number of aromatic nitrogens is 2. The first kappa shape index (κ1) is 18.9. The SMILES string of the molecule is CCOC(=O)c1cc(C(C)(C)C)nn1/C(C=[N+](C)C)=C\N(C)C. The Labute approximate surface area is 139 Å². The van der Waals surface area contributed by atoms with E-state index < -0.39 is 0 Å². The average molecular weight is 321 g/mol. The van der Waals surface area contributed by atoms with Gasteiger partial charge in [0.25, 0.3) is 0 Å². The van der Waals surface area contributed by atoms with Crippen molar-refractivity contribution in [2.45, 2.75) is 33.1 Å². The molecule has 0 amide bonds. The summed E-state index contributed by atoms with van der Waals surface area (Å²) in [6.07, 6.45) is 3.84. The molecule has 1 aromatic heterocycles. The van der Waals surface area contributed by atoms with Crippen molar-refractivity contribution in [3.8, 4) is 0 Å². The number of rotatable bonds is 5. The molecule has 0 aliphatic carbocycles. The molecule has 1 aromatic rings. The van der Waals surface area contributed by atoms with Crippen molar-refractivity contribution >= 4 is 17.9 Å². The predicted octanol–water partition coefficient (Wildman–Crippen LogP) is 2.06. The van der Waals surface area contributed by atoms with Crippen molar-refractivity contribution in [2.24, 2.45) is 0 Å². The zero-order valence-electron chi connectivity index (χ0n) is 15.5. The molecule has 0 spiro atoms. The van der Waals surface area contributed by atoms with Gasteiger partial charge in [-0.25, -0.2) is 14.1 Å². The molecule has 0 radical (unpaired) electrons. The van der Waals surface area contributed by atoms with E-state index in [2.05, 4.69) is 25.9 Å². The van der Waals surface area contributed by atoms with Gasteiger partial charge in [-0.2, -0.15) is 5.10 Å². The molecule has 0 unspecified atom stereocenters. The van der Waals surface area contributed by atoms with Crippen LogP contribution in [-0.2, 0) is 10.2 Å². The van der Waals surface area contributed by atoms with Crippen LogP contribution in [0.5, 0.6) is 0 Å². The van der Waals surface area contributed by atoms with Gasteiger partial charge in [0, 0.05) is 25.7 Å². The molecule has 1 rings (SSSR count). The number of carbonyl (C=O) groups is 1. The van der Waals surface area contributed by atoms with Gasteiger partial charge in [0.1, 0.15) is 19.8 Å². The monoisotopic (exact) mass is 321 g/mol. The van der Waals surface area contributed by atoms with Crippen LogP contribution in [0.3, 0.4) is 0 Å². The first-order valence-corrected chi connectivity index (χ1v) is 7.73. The highest BCUT2D eigenvalue weighted by Gasteiger charge is 2.25. The second-order valence-electron chi connectivity index (χ2n) is 6.91. The van der Waals surface area contributed by atoms with Crippen molar-refractivity contribution in [3.63, 3.8) is 0 Å². The molecule has 6 nitrogen and oxygen atoms in total. The Kier molecular flexibility index (Phi) is 6.12. The number of esters is 1. The highest BCUT2D eigenvalue weighted by atomic mass is 16.5. The first-order chi connectivity index (χ1) is 10.6. The van der Waals surface area contributed by atoms with E-state index in [0.29, 0.717) is 12.3 Å². The fourth-order valence-electron chi connectivity index (χ4n) is 1.97. The summed E-state index contributed by atoms with van der Waals surface area (Å²) in [6, 6.07) is 1.81. The van der Waals surface area contributed by atoms with E-state index in [1.807, 2.05) is 56.1 Å². The van der Waals surface area contributed by atoms with Gasteiger partial charge in [-0.15, -0.1) is 0 Å². The zero-order valence-corrected chi connectivity index (χ0v) is 15.5. The summed E-state index contributed by atoms with van der Waals surface area (Å²) >= 11 is 0. The molecule has 0 saturated heterocycles. The Bertz CT molecular complexity index is 615. The number of ether oxygens (including phenoxy) is 1. The van der Waals surface area contributed by atoms with Crippen LogP contribution in [0.25, 0.3) is 5.70 Å². The molecule has 0 N–H and O–H groups in total. The third kappa shape index (κ3) is 5.23. The molecule has 0 aromatic carbocycles. The summed E-state index contributed by atoms with van der Waals surface area (Å²) in [4.78, 5) is 14.2. The molecule has 0 atom stereocenters. The lowest BCUT2D eigenvalue weighted by Gasteiger charge is -2.14. The molecule has 128 valence electrons. The van der Waals surface area contributed by atoms with Crippen molar-refractivity contribution in [3.05, 3.63) is 23.7 Å². The van der Waals surface area contributed by atoms with Crippen LogP contribution in [0.15, 0.2) is 12.3 Å². The molecule has 0 aliphatic rings. The van der Waals surface area contributed by atoms with Crippen LogP contribution in [0.2, 0.25) is 0 Å². The number of hydrogen-bond donors (Lipinski definition) is 0. The molecular formula is C17H29N4O2+. The fourth-order valence-corrected chi connectivity index (χ4v) is 1.97. The summed E-state index contributed by atoms with van der Waals surface area (Å²) in [5.74, 6) is -0.368. The number of nitrogens with zero attached hydrogens (tertiary/aromatic N) is 4. The lowest BCUT2D eigenvalue weighted by molar-refractivity contribution is -0.458. The van der Waals surface area contributed by atoms with Gasteiger partial charge < -0.3 is 9.64 Å². The average Bonchev–Trinajstić information content (AvgIpc) is 2.81. The van der Waals surface area contributed by atoms with Crippen LogP contribution in [0, 0.1) is 0 Å². The van der Waals surface area contributed by atoms with E-state index in [-0.39, 0.29) is 11.4 Å². The second kappa shape index (κ2) is 7.44. The Morgan fingerprint density at radius 3 is 2.43 bits per heavy atom. The van der Waals surface area contributed by atoms with Gasteiger partial charge in [-0.3, -0.25) is 0 Å². The molecule has 0 fully saturated rings. The maximum Gasteiger partial charge on any atom is 0.357 e. The second-order valence-corrected chi connectivity index (χ2v) is 6.91. The molecule has 6 heteroatoms. The van der Waals surface area contributed by atoms with Gasteiger partial charge in [0.2, 0.25) is 0 Å². The minimum Gasteiger partial charge on any atom is -0.461 e. The highest BCUT2D eigenvalue weighted by Crippen LogP contribution is 2.23. The Hall–Kier alpha value is -2.11. The van der Waals surface area contributed by atoms with Crippen LogP contribution < -0.4 is 0 Å². The lowest BCUT2D eigenvalue weighted by atomic mass is 9.92. The minimum atomic E-state index is -0.368. The zero-order chi connectivity index (χ0) is 17.8. The molecule has 0 aliphatic heterocycles. The Balaban J connectivity index is 3.54. The van der Waals surface area contributed by atoms with Crippen LogP contribution in [-0.4, -0.2) is 66.2 Å². The number of carbonyl (C=O) groups excluding carboxylic acids is 1. The van der Waals surface area contributed by atoms with Crippen LogP contribution in [0.4, 0.5) is 0 Å². The summed E-state index contributed by atoms with van der Waals surface area (Å²) in [7, 11) is 7.73. The van der Waals surface area contributed by atoms with Gasteiger partial charge in [-0.1, -0.05) is 20.8 Å². The minimum absolute atomic E-state index is 0.159. The quantitative estimate of drug-likeness (QED) is 0.473. The predicted molar refractivity (Wildman–Crippen MR) is 93.0 cm³/mol. The summed E-state index contributed by atoms with van der Waals surface area (Å²) in [5.41, 5.74) is 1.91. The molecule has 1 heterocycles. The molecule has 23 heavy (non-hydrogen) atoms. The molecule has 0 bridgehead atoms.